The van der Waals surface area contributed by atoms with Crippen molar-refractivity contribution < 1.29 is 0 Å². The second-order valence-electron chi connectivity index (χ2n) is 5.92. The minimum absolute atomic E-state index is 0.678. The highest BCUT2D eigenvalue weighted by Crippen LogP contribution is 2.26. The van der Waals surface area contributed by atoms with Gasteiger partial charge in [0.1, 0.15) is 11.3 Å². The molecule has 1 aromatic carbocycles. The molecule has 0 aliphatic carbocycles. The van der Waals surface area contributed by atoms with Gasteiger partial charge in [0.25, 0.3) is 0 Å². The van der Waals surface area contributed by atoms with Crippen molar-refractivity contribution in [2.24, 2.45) is 0 Å². The minimum Gasteiger partial charge on any atom is -0.321 e. The molecule has 4 aromatic rings. The fourth-order valence-electron chi connectivity index (χ4n) is 3.08. The predicted octanol–water partition coefficient (Wildman–Crippen LogP) is 3.77. The molecule has 5 nitrogen and oxygen atoms in total. The Kier molecular flexibility index (Phi) is 3.91. The maximum Gasteiger partial charge on any atom is 0.110 e. The van der Waals surface area contributed by atoms with E-state index in [1.807, 2.05) is 24.5 Å². The van der Waals surface area contributed by atoms with Gasteiger partial charge in [-0.15, -0.1) is 0 Å². The first-order valence-electron chi connectivity index (χ1n) is 8.34. The molecule has 0 spiro atoms. The molecule has 5 heteroatoms. The van der Waals surface area contributed by atoms with E-state index in [0.29, 0.717) is 6.54 Å². The largest absolute Gasteiger partial charge is 0.321 e. The maximum atomic E-state index is 4.85. The van der Waals surface area contributed by atoms with Gasteiger partial charge in [-0.25, -0.2) is 4.98 Å². The van der Waals surface area contributed by atoms with Gasteiger partial charge in [0, 0.05) is 24.2 Å². The van der Waals surface area contributed by atoms with Crippen molar-refractivity contribution in [3.63, 3.8) is 0 Å². The van der Waals surface area contributed by atoms with Gasteiger partial charge in [0.15, 0.2) is 0 Å². The highest BCUT2D eigenvalue weighted by molar-refractivity contribution is 6.02. The molecule has 0 N–H and O–H groups in total. The lowest BCUT2D eigenvalue weighted by Gasteiger charge is -2.09. The van der Waals surface area contributed by atoms with Crippen molar-refractivity contribution in [2.75, 3.05) is 0 Å². The van der Waals surface area contributed by atoms with E-state index < -0.39 is 0 Å². The lowest BCUT2D eigenvalue weighted by Crippen LogP contribution is -2.07. The number of nitrogens with zero attached hydrogens (tertiary/aromatic N) is 5. The Bertz CT molecular complexity index is 975. The topological polar surface area (TPSA) is 56.5 Å². The minimum atomic E-state index is 0.678. The summed E-state index contributed by atoms with van der Waals surface area (Å²) in [5, 5.41) is 1.13. The zero-order valence-corrected chi connectivity index (χ0v) is 13.7. The Balaban J connectivity index is 1.93. The third-order valence-electron chi connectivity index (χ3n) is 4.25. The van der Waals surface area contributed by atoms with Crippen LogP contribution in [-0.2, 0) is 13.0 Å². The van der Waals surface area contributed by atoms with Crippen molar-refractivity contribution in [1.29, 1.82) is 0 Å². The molecule has 0 saturated heterocycles. The van der Waals surface area contributed by atoms with Crippen LogP contribution in [0.25, 0.3) is 21.9 Å². The van der Waals surface area contributed by atoms with E-state index in [4.69, 9.17) is 4.98 Å². The average Bonchev–Trinajstić information content (AvgIpc) is 2.99. The van der Waals surface area contributed by atoms with Crippen LogP contribution in [0.4, 0.5) is 0 Å². The average molecular weight is 317 g/mol. The molecule has 0 fully saturated rings. The van der Waals surface area contributed by atoms with Crippen molar-refractivity contribution >= 4 is 21.9 Å². The van der Waals surface area contributed by atoms with E-state index in [-0.39, 0.29) is 0 Å². The van der Waals surface area contributed by atoms with E-state index in [2.05, 4.69) is 38.6 Å². The number of para-hydroxylation sites is 1. The van der Waals surface area contributed by atoms with Crippen molar-refractivity contribution in [3.8, 4) is 0 Å². The fraction of sp³-hybridized carbons (Fsp3) is 0.263. The Morgan fingerprint density at radius 1 is 1.00 bits per heavy atom. The molecule has 0 amide bonds. The molecule has 3 aromatic heterocycles. The highest BCUT2D eigenvalue weighted by atomic mass is 15.1. The van der Waals surface area contributed by atoms with Crippen molar-refractivity contribution in [3.05, 3.63) is 60.6 Å². The Morgan fingerprint density at radius 3 is 2.75 bits per heavy atom. The van der Waals surface area contributed by atoms with Gasteiger partial charge in [-0.05, 0) is 12.5 Å². The second-order valence-corrected chi connectivity index (χ2v) is 5.92. The molecule has 0 aliphatic heterocycles. The number of benzene rings is 1. The molecule has 0 bridgehead atoms. The van der Waals surface area contributed by atoms with Crippen LogP contribution in [0, 0.1) is 0 Å². The van der Waals surface area contributed by atoms with Gasteiger partial charge in [0.05, 0.1) is 35.7 Å². The zero-order valence-electron chi connectivity index (χ0n) is 13.7. The third kappa shape index (κ3) is 2.62. The summed E-state index contributed by atoms with van der Waals surface area (Å²) in [4.78, 5) is 18.0. The van der Waals surface area contributed by atoms with Crippen LogP contribution in [0.2, 0.25) is 0 Å². The Hall–Kier alpha value is -2.82. The third-order valence-corrected chi connectivity index (χ3v) is 4.25. The molecular formula is C19H19N5. The van der Waals surface area contributed by atoms with E-state index >= 15 is 0 Å². The first kappa shape index (κ1) is 14.8. The summed E-state index contributed by atoms with van der Waals surface area (Å²) >= 11 is 0. The number of aromatic nitrogens is 5. The molecule has 0 radical (unpaired) electrons. The Labute approximate surface area is 140 Å². The second kappa shape index (κ2) is 6.35. The number of unbranched alkanes of at least 4 members (excludes halogenated alkanes) is 1. The summed E-state index contributed by atoms with van der Waals surface area (Å²) in [7, 11) is 0. The van der Waals surface area contributed by atoms with Gasteiger partial charge < -0.3 is 4.57 Å². The molecule has 3 heterocycles. The lowest BCUT2D eigenvalue weighted by molar-refractivity contribution is 0.681. The number of fused-ring (bicyclic) bond motifs is 3. The molecule has 24 heavy (non-hydrogen) atoms. The highest BCUT2D eigenvalue weighted by Gasteiger charge is 2.14. The van der Waals surface area contributed by atoms with Gasteiger partial charge in [-0.1, -0.05) is 31.5 Å². The van der Waals surface area contributed by atoms with Crippen LogP contribution < -0.4 is 0 Å². The van der Waals surface area contributed by atoms with E-state index in [1.165, 1.54) is 0 Å². The van der Waals surface area contributed by atoms with Crippen LogP contribution in [0.3, 0.4) is 0 Å². The molecule has 0 saturated carbocycles. The van der Waals surface area contributed by atoms with Crippen LogP contribution in [0.5, 0.6) is 0 Å². The quantitative estimate of drug-likeness (QED) is 0.562. The first-order valence-corrected chi connectivity index (χ1v) is 8.34. The van der Waals surface area contributed by atoms with Crippen LogP contribution >= 0.6 is 0 Å². The van der Waals surface area contributed by atoms with Crippen LogP contribution in [-0.4, -0.2) is 24.5 Å². The van der Waals surface area contributed by atoms with Crippen LogP contribution in [0.15, 0.2) is 49.1 Å². The summed E-state index contributed by atoms with van der Waals surface area (Å²) in [6.07, 6.45) is 10.4. The summed E-state index contributed by atoms with van der Waals surface area (Å²) in [6, 6.07) is 8.22. The molecule has 4 rings (SSSR count). The number of aryl methyl sites for hydroxylation is 1. The van der Waals surface area contributed by atoms with E-state index in [0.717, 1.165) is 52.7 Å². The normalized spacial score (nSPS) is 11.4. The zero-order chi connectivity index (χ0) is 16.4. The van der Waals surface area contributed by atoms with E-state index in [1.54, 1.807) is 12.4 Å². The summed E-state index contributed by atoms with van der Waals surface area (Å²) < 4.78 is 2.28. The molecule has 0 atom stereocenters. The summed E-state index contributed by atoms with van der Waals surface area (Å²) in [6.45, 7) is 2.88. The molecule has 0 unspecified atom stereocenters. The van der Waals surface area contributed by atoms with Gasteiger partial charge in [-0.2, -0.15) is 0 Å². The number of pyridine rings is 1. The summed E-state index contributed by atoms with van der Waals surface area (Å²) in [5.74, 6) is 1.09. The van der Waals surface area contributed by atoms with Gasteiger partial charge in [-0.3, -0.25) is 15.0 Å². The number of hydrogen-bond donors (Lipinski definition) is 0. The van der Waals surface area contributed by atoms with Crippen LogP contribution in [0.1, 0.15) is 31.3 Å². The monoisotopic (exact) mass is 317 g/mol. The summed E-state index contributed by atoms with van der Waals surface area (Å²) in [5.41, 5.74) is 4.02. The molecular weight excluding hydrogens is 298 g/mol. The van der Waals surface area contributed by atoms with Crippen molar-refractivity contribution in [1.82, 2.24) is 24.5 Å². The van der Waals surface area contributed by atoms with Gasteiger partial charge >= 0.3 is 0 Å². The predicted molar refractivity (Wildman–Crippen MR) is 94.8 cm³/mol. The fourth-order valence-corrected chi connectivity index (χ4v) is 3.08. The van der Waals surface area contributed by atoms with E-state index in [9.17, 15) is 0 Å². The Morgan fingerprint density at radius 2 is 1.92 bits per heavy atom. The SMILES string of the molecule is CCCCc1nc2cnc3ccccc3c2n1Cc1cnccn1. The van der Waals surface area contributed by atoms with Crippen molar-refractivity contribution in [2.45, 2.75) is 32.7 Å². The number of hydrogen-bond acceptors (Lipinski definition) is 4. The number of imidazole rings is 1. The number of rotatable bonds is 5. The first-order chi connectivity index (χ1) is 11.9. The molecule has 0 aliphatic rings. The maximum absolute atomic E-state index is 4.85. The molecule has 120 valence electrons. The smallest absolute Gasteiger partial charge is 0.110 e. The standard InChI is InChI=1S/C19H19N5/c1-2-3-8-18-23-17-12-22-16-7-5-4-6-15(16)19(17)24(18)13-14-11-20-9-10-21-14/h4-7,9-12H,2-3,8,13H2,1H3. The van der Waals surface area contributed by atoms with Gasteiger partial charge in [0.2, 0.25) is 0 Å². The lowest BCUT2D eigenvalue weighted by atomic mass is 10.2.